The molecule has 9 heteroatoms. The van der Waals surface area contributed by atoms with Crippen molar-refractivity contribution in [3.8, 4) is 0 Å². The Morgan fingerprint density at radius 3 is 2.71 bits per heavy atom. The summed E-state index contributed by atoms with van der Waals surface area (Å²) in [5, 5.41) is 17.0. The number of unbranched alkanes of at least 4 members (excludes halogenated alkanes) is 1. The number of rotatable bonds is 9. The summed E-state index contributed by atoms with van der Waals surface area (Å²) < 4.78 is 32.5. The summed E-state index contributed by atoms with van der Waals surface area (Å²) in [5.74, 6) is -1.97. The maximum Gasteiger partial charge on any atom is 0.410 e. The van der Waals surface area contributed by atoms with Crippen LogP contribution >= 0.6 is 0 Å². The maximum atomic E-state index is 13.7. The first kappa shape index (κ1) is 23.4. The van der Waals surface area contributed by atoms with Crippen molar-refractivity contribution >= 4 is 12.0 Å². The molecule has 2 aliphatic heterocycles. The number of cyclic esters (lactones) is 1. The topological polar surface area (TPSA) is 90.9 Å². The van der Waals surface area contributed by atoms with Gasteiger partial charge in [0, 0.05) is 18.7 Å². The first-order valence-electron chi connectivity index (χ1n) is 11.0. The zero-order chi connectivity index (χ0) is 22.4. The van der Waals surface area contributed by atoms with Gasteiger partial charge >= 0.3 is 6.09 Å². The Morgan fingerprint density at radius 1 is 1.32 bits per heavy atom. The number of ether oxygens (including phenoxy) is 1. The summed E-state index contributed by atoms with van der Waals surface area (Å²) in [6.45, 7) is 3.42. The molecular weight excluding hydrogens is 408 g/mol. The minimum absolute atomic E-state index is 0.0416. The highest BCUT2D eigenvalue weighted by Crippen LogP contribution is 2.19. The third-order valence-electron chi connectivity index (χ3n) is 5.84. The number of aliphatic hydroxyl groups excluding tert-OH is 1. The van der Waals surface area contributed by atoms with Gasteiger partial charge in [0.25, 0.3) is 5.91 Å². The highest BCUT2D eigenvalue weighted by atomic mass is 19.1. The largest absolute Gasteiger partial charge is 0.434 e. The van der Waals surface area contributed by atoms with Crippen LogP contribution in [0.3, 0.4) is 0 Å². The number of carbonyl (C=O) groups is 2. The molecular formula is C22H31F2N3O4. The van der Waals surface area contributed by atoms with E-state index in [1.807, 2.05) is 6.92 Å². The van der Waals surface area contributed by atoms with E-state index in [4.69, 9.17) is 4.74 Å². The molecule has 0 bridgehead atoms. The summed E-state index contributed by atoms with van der Waals surface area (Å²) in [6.07, 6.45) is 1.95. The summed E-state index contributed by atoms with van der Waals surface area (Å²) in [5.41, 5.74) is 0.325. The lowest BCUT2D eigenvalue weighted by molar-refractivity contribution is -0.129. The van der Waals surface area contributed by atoms with E-state index in [0.29, 0.717) is 12.1 Å². The summed E-state index contributed by atoms with van der Waals surface area (Å²) >= 11 is 0. The van der Waals surface area contributed by atoms with E-state index in [2.05, 4.69) is 10.6 Å². The Kier molecular flexibility index (Phi) is 8.20. The molecule has 0 unspecified atom stereocenters. The monoisotopic (exact) mass is 439 g/mol. The molecule has 1 aromatic carbocycles. The lowest BCUT2D eigenvalue weighted by Crippen LogP contribution is -2.56. The number of carbonyl (C=O) groups excluding carboxylic acids is 2. The molecule has 0 aromatic heterocycles. The Labute approximate surface area is 181 Å². The lowest BCUT2D eigenvalue weighted by atomic mass is 9.91. The van der Waals surface area contributed by atoms with Gasteiger partial charge in [-0.3, -0.25) is 4.79 Å². The smallest absolute Gasteiger partial charge is 0.410 e. The van der Waals surface area contributed by atoms with Gasteiger partial charge in [0.2, 0.25) is 0 Å². The Bertz CT molecular complexity index is 753. The van der Waals surface area contributed by atoms with Crippen LogP contribution in [0.4, 0.5) is 13.6 Å². The van der Waals surface area contributed by atoms with Gasteiger partial charge in [-0.2, -0.15) is 0 Å². The molecule has 2 heterocycles. The second kappa shape index (κ2) is 10.9. The molecule has 0 radical (unpaired) electrons. The molecule has 1 aromatic rings. The average molecular weight is 440 g/mol. The van der Waals surface area contributed by atoms with Gasteiger partial charge in [0.05, 0.1) is 18.7 Å². The predicted molar refractivity (Wildman–Crippen MR) is 110 cm³/mol. The van der Waals surface area contributed by atoms with Crippen molar-refractivity contribution in [1.82, 2.24) is 15.5 Å². The Hall–Kier alpha value is -2.26. The van der Waals surface area contributed by atoms with Gasteiger partial charge in [-0.25, -0.2) is 13.6 Å². The number of hydrogen-bond donors (Lipinski definition) is 3. The zero-order valence-corrected chi connectivity index (χ0v) is 17.8. The Balaban J connectivity index is 1.71. The molecule has 31 heavy (non-hydrogen) atoms. The molecule has 2 fully saturated rings. The van der Waals surface area contributed by atoms with E-state index in [1.165, 1.54) is 17.0 Å². The van der Waals surface area contributed by atoms with Gasteiger partial charge in [-0.1, -0.05) is 19.8 Å². The minimum atomic E-state index is -0.984. The average Bonchev–Trinajstić information content (AvgIpc) is 3.11. The van der Waals surface area contributed by atoms with E-state index in [-0.39, 0.29) is 19.0 Å². The molecule has 0 saturated carbocycles. The first-order valence-corrected chi connectivity index (χ1v) is 11.0. The fourth-order valence-electron chi connectivity index (χ4n) is 4.14. The zero-order valence-electron chi connectivity index (χ0n) is 17.8. The van der Waals surface area contributed by atoms with Crippen LogP contribution in [-0.2, 0) is 16.0 Å². The van der Waals surface area contributed by atoms with Crippen molar-refractivity contribution in [2.24, 2.45) is 0 Å². The summed E-state index contributed by atoms with van der Waals surface area (Å²) in [6, 6.07) is 2.10. The third-order valence-corrected chi connectivity index (χ3v) is 5.84. The van der Waals surface area contributed by atoms with Crippen LogP contribution in [0.25, 0.3) is 0 Å². The molecule has 0 spiro atoms. The summed E-state index contributed by atoms with van der Waals surface area (Å²) in [7, 11) is 0. The SMILES string of the molecule is CCCCN1C[C@@H](C(=O)N[C@@H](Cc2cc(F)cc(F)c2)[C@H](O)[C@H]2CCCCN2)OC1=O. The van der Waals surface area contributed by atoms with Crippen LogP contribution in [0, 0.1) is 11.6 Å². The predicted octanol–water partition coefficient (Wildman–Crippen LogP) is 2.12. The van der Waals surface area contributed by atoms with Crippen molar-refractivity contribution in [2.45, 2.75) is 69.7 Å². The third kappa shape index (κ3) is 6.36. The minimum Gasteiger partial charge on any atom is -0.434 e. The van der Waals surface area contributed by atoms with Crippen LogP contribution in [0.2, 0.25) is 0 Å². The highest BCUT2D eigenvalue weighted by molar-refractivity contribution is 5.86. The molecule has 3 rings (SSSR count). The molecule has 4 atom stereocenters. The second-order valence-corrected chi connectivity index (χ2v) is 8.32. The van der Waals surface area contributed by atoms with Crippen molar-refractivity contribution in [1.29, 1.82) is 0 Å². The van der Waals surface area contributed by atoms with Gasteiger partial charge in [0.15, 0.2) is 6.10 Å². The number of nitrogens with zero attached hydrogens (tertiary/aromatic N) is 1. The number of amides is 2. The van der Waals surface area contributed by atoms with Crippen LogP contribution in [0.1, 0.15) is 44.6 Å². The van der Waals surface area contributed by atoms with Crippen molar-refractivity contribution in [3.05, 3.63) is 35.4 Å². The Morgan fingerprint density at radius 2 is 2.06 bits per heavy atom. The van der Waals surface area contributed by atoms with Crippen LogP contribution in [0.5, 0.6) is 0 Å². The van der Waals surface area contributed by atoms with Crippen LogP contribution in [0.15, 0.2) is 18.2 Å². The summed E-state index contributed by atoms with van der Waals surface area (Å²) in [4.78, 5) is 26.3. The molecule has 7 nitrogen and oxygen atoms in total. The number of hydrogen-bond acceptors (Lipinski definition) is 5. The first-order chi connectivity index (χ1) is 14.9. The number of aliphatic hydroxyl groups is 1. The lowest BCUT2D eigenvalue weighted by Gasteiger charge is -2.34. The van der Waals surface area contributed by atoms with E-state index >= 15 is 0 Å². The fourth-order valence-corrected chi connectivity index (χ4v) is 4.14. The van der Waals surface area contributed by atoms with E-state index in [9.17, 15) is 23.5 Å². The van der Waals surface area contributed by atoms with Gasteiger partial charge in [-0.15, -0.1) is 0 Å². The fraction of sp³-hybridized carbons (Fsp3) is 0.636. The highest BCUT2D eigenvalue weighted by Gasteiger charge is 2.38. The van der Waals surface area contributed by atoms with E-state index in [0.717, 1.165) is 44.7 Å². The molecule has 3 N–H and O–H groups in total. The molecule has 2 amide bonds. The molecule has 2 saturated heterocycles. The van der Waals surface area contributed by atoms with Gasteiger partial charge < -0.3 is 25.4 Å². The van der Waals surface area contributed by atoms with E-state index < -0.39 is 41.9 Å². The standard InChI is InChI=1S/C22H31F2N3O4/c1-2-3-8-27-13-19(31-22(27)30)21(29)26-18(20(28)17-6-4-5-7-25-17)11-14-9-15(23)12-16(24)10-14/h9-10,12,17-20,25,28H,2-8,11,13H2,1H3,(H,26,29)/t17-,18+,19+,20-/m1/s1. The van der Waals surface area contributed by atoms with Crippen molar-refractivity contribution in [2.75, 3.05) is 19.6 Å². The number of piperidine rings is 1. The quantitative estimate of drug-likeness (QED) is 0.548. The molecule has 2 aliphatic rings. The van der Waals surface area contributed by atoms with Crippen molar-refractivity contribution in [3.63, 3.8) is 0 Å². The van der Waals surface area contributed by atoms with Crippen LogP contribution < -0.4 is 10.6 Å². The number of nitrogens with one attached hydrogen (secondary N) is 2. The van der Waals surface area contributed by atoms with E-state index in [1.54, 1.807) is 0 Å². The number of benzene rings is 1. The van der Waals surface area contributed by atoms with Gasteiger partial charge in [-0.05, 0) is 49.9 Å². The molecule has 0 aliphatic carbocycles. The van der Waals surface area contributed by atoms with Crippen molar-refractivity contribution < 1.29 is 28.2 Å². The second-order valence-electron chi connectivity index (χ2n) is 8.32. The van der Waals surface area contributed by atoms with Crippen LogP contribution in [-0.4, -0.2) is 65.9 Å². The molecule has 172 valence electrons. The number of halogens is 2. The maximum absolute atomic E-state index is 13.7. The normalized spacial score (nSPS) is 23.4. The van der Waals surface area contributed by atoms with Gasteiger partial charge in [0.1, 0.15) is 11.6 Å².